The van der Waals surface area contributed by atoms with Crippen LogP contribution in [0.4, 0.5) is 17.5 Å². The van der Waals surface area contributed by atoms with Gasteiger partial charge in [0, 0.05) is 36.1 Å². The van der Waals surface area contributed by atoms with Crippen LogP contribution in [0, 0.1) is 18.3 Å². The lowest BCUT2D eigenvalue weighted by atomic mass is 10.1. The molecule has 0 bridgehead atoms. The van der Waals surface area contributed by atoms with Crippen molar-refractivity contribution in [2.75, 3.05) is 30.8 Å². The number of anilines is 3. The fraction of sp³-hybridized carbons (Fsp3) is 0.182. The van der Waals surface area contributed by atoms with Crippen molar-refractivity contribution in [1.29, 1.82) is 5.26 Å². The fourth-order valence-electron chi connectivity index (χ4n) is 2.68. The predicted molar refractivity (Wildman–Crippen MR) is 115 cm³/mol. The number of carbonyl (C=O) groups excluding carboxylic acids is 1. The first-order valence-corrected chi connectivity index (χ1v) is 9.36. The van der Waals surface area contributed by atoms with Crippen LogP contribution in [0.25, 0.3) is 0 Å². The molecule has 1 heterocycles. The molecule has 0 saturated carbocycles. The molecular formula is C22H22N6O2. The summed E-state index contributed by atoms with van der Waals surface area (Å²) < 4.78 is 5.16. The summed E-state index contributed by atoms with van der Waals surface area (Å²) in [6.45, 7) is 2.75. The topological polar surface area (TPSA) is 112 Å². The molecule has 3 N–H and O–H groups in total. The van der Waals surface area contributed by atoms with Crippen LogP contribution in [-0.4, -0.2) is 36.1 Å². The molecule has 0 atom stereocenters. The van der Waals surface area contributed by atoms with E-state index in [2.05, 4.69) is 25.9 Å². The quantitative estimate of drug-likeness (QED) is 0.496. The van der Waals surface area contributed by atoms with Crippen LogP contribution < -0.4 is 20.7 Å². The van der Waals surface area contributed by atoms with Crippen molar-refractivity contribution in [3.63, 3.8) is 0 Å². The number of amides is 1. The molecule has 0 aliphatic heterocycles. The van der Waals surface area contributed by atoms with E-state index in [1.807, 2.05) is 43.3 Å². The van der Waals surface area contributed by atoms with Gasteiger partial charge in [-0.25, -0.2) is 4.98 Å². The Bertz CT molecular complexity index is 1040. The highest BCUT2D eigenvalue weighted by Gasteiger charge is 2.06. The van der Waals surface area contributed by atoms with Crippen molar-refractivity contribution in [1.82, 2.24) is 15.3 Å². The van der Waals surface area contributed by atoms with Gasteiger partial charge >= 0.3 is 0 Å². The van der Waals surface area contributed by atoms with Crippen LogP contribution in [0.5, 0.6) is 5.75 Å². The Balaban J connectivity index is 1.52. The summed E-state index contributed by atoms with van der Waals surface area (Å²) in [6.07, 6.45) is 0. The molecule has 0 saturated heterocycles. The number of benzene rings is 2. The lowest BCUT2D eigenvalue weighted by Crippen LogP contribution is -2.29. The van der Waals surface area contributed by atoms with E-state index in [0.717, 1.165) is 17.1 Å². The first-order chi connectivity index (χ1) is 14.6. The monoisotopic (exact) mass is 402 g/mol. The van der Waals surface area contributed by atoms with E-state index < -0.39 is 0 Å². The Morgan fingerprint density at radius 1 is 1.07 bits per heavy atom. The number of methoxy groups -OCH3 is 1. The van der Waals surface area contributed by atoms with Crippen LogP contribution in [-0.2, 0) is 0 Å². The standard InChI is InChI=1S/C22H22N6O2/c1-15-13-20(27-18-7-9-19(30-2)10-8-18)28-22(26-15)25-12-11-24-21(29)17-5-3-16(14-23)4-6-17/h3-10,13H,11-12H2,1-2H3,(H,24,29)(H2,25,26,27,28). The number of hydrogen-bond acceptors (Lipinski definition) is 7. The molecule has 0 spiro atoms. The van der Waals surface area contributed by atoms with Gasteiger partial charge in [0.1, 0.15) is 11.6 Å². The second-order valence-corrected chi connectivity index (χ2v) is 6.44. The first kappa shape index (κ1) is 20.6. The molecule has 1 amide bonds. The van der Waals surface area contributed by atoms with Gasteiger partial charge in [0.15, 0.2) is 0 Å². The molecule has 0 radical (unpaired) electrons. The molecule has 3 rings (SSSR count). The van der Waals surface area contributed by atoms with Crippen molar-refractivity contribution < 1.29 is 9.53 Å². The Kier molecular flexibility index (Phi) is 6.79. The van der Waals surface area contributed by atoms with Crippen LogP contribution >= 0.6 is 0 Å². The van der Waals surface area contributed by atoms with Crippen molar-refractivity contribution in [2.24, 2.45) is 0 Å². The zero-order valence-corrected chi connectivity index (χ0v) is 16.8. The number of hydrogen-bond donors (Lipinski definition) is 3. The van der Waals surface area contributed by atoms with E-state index in [1.165, 1.54) is 0 Å². The highest BCUT2D eigenvalue weighted by Crippen LogP contribution is 2.19. The summed E-state index contributed by atoms with van der Waals surface area (Å²) in [7, 11) is 1.63. The summed E-state index contributed by atoms with van der Waals surface area (Å²) in [5, 5.41) is 18.0. The maximum atomic E-state index is 12.1. The zero-order chi connectivity index (χ0) is 21.3. The smallest absolute Gasteiger partial charge is 0.251 e. The van der Waals surface area contributed by atoms with Gasteiger partial charge in [-0.3, -0.25) is 4.79 Å². The normalized spacial score (nSPS) is 10.0. The van der Waals surface area contributed by atoms with Crippen molar-refractivity contribution in [3.05, 3.63) is 71.4 Å². The minimum Gasteiger partial charge on any atom is -0.497 e. The van der Waals surface area contributed by atoms with Gasteiger partial charge in [0.2, 0.25) is 5.95 Å². The number of nitriles is 1. The van der Waals surface area contributed by atoms with Gasteiger partial charge in [-0.2, -0.15) is 10.2 Å². The number of nitrogens with zero attached hydrogens (tertiary/aromatic N) is 3. The van der Waals surface area contributed by atoms with Crippen molar-refractivity contribution >= 4 is 23.4 Å². The number of ether oxygens (including phenoxy) is 1. The fourth-order valence-corrected chi connectivity index (χ4v) is 2.68. The third-order valence-electron chi connectivity index (χ3n) is 4.19. The summed E-state index contributed by atoms with van der Waals surface area (Å²) in [6, 6.07) is 17.9. The first-order valence-electron chi connectivity index (χ1n) is 9.36. The van der Waals surface area contributed by atoms with E-state index in [4.69, 9.17) is 10.00 Å². The van der Waals surface area contributed by atoms with E-state index >= 15 is 0 Å². The van der Waals surface area contributed by atoms with Gasteiger partial charge in [0.25, 0.3) is 5.91 Å². The molecule has 0 fully saturated rings. The average molecular weight is 402 g/mol. The molecule has 0 aliphatic carbocycles. The second-order valence-electron chi connectivity index (χ2n) is 6.44. The highest BCUT2D eigenvalue weighted by molar-refractivity contribution is 5.94. The van der Waals surface area contributed by atoms with Crippen LogP contribution in [0.1, 0.15) is 21.6 Å². The van der Waals surface area contributed by atoms with E-state index in [9.17, 15) is 4.79 Å². The van der Waals surface area contributed by atoms with Gasteiger partial charge in [0.05, 0.1) is 18.7 Å². The summed E-state index contributed by atoms with van der Waals surface area (Å²) in [5.74, 6) is 1.72. The molecule has 8 nitrogen and oxygen atoms in total. The lowest BCUT2D eigenvalue weighted by Gasteiger charge is -2.11. The molecule has 2 aromatic carbocycles. The molecule has 1 aromatic heterocycles. The molecule has 3 aromatic rings. The minimum atomic E-state index is -0.201. The number of aromatic nitrogens is 2. The third-order valence-corrected chi connectivity index (χ3v) is 4.19. The van der Waals surface area contributed by atoms with Crippen molar-refractivity contribution in [2.45, 2.75) is 6.92 Å². The van der Waals surface area contributed by atoms with Crippen LogP contribution in [0.2, 0.25) is 0 Å². The summed E-state index contributed by atoms with van der Waals surface area (Å²) in [5.41, 5.74) is 2.72. The highest BCUT2D eigenvalue weighted by atomic mass is 16.5. The Labute approximate surface area is 174 Å². The van der Waals surface area contributed by atoms with Gasteiger partial charge in [-0.05, 0) is 55.5 Å². The SMILES string of the molecule is COc1ccc(Nc2cc(C)nc(NCCNC(=O)c3ccc(C#N)cc3)n2)cc1. The Morgan fingerprint density at radius 3 is 2.47 bits per heavy atom. The van der Waals surface area contributed by atoms with Gasteiger partial charge in [-0.1, -0.05) is 0 Å². The number of rotatable bonds is 8. The van der Waals surface area contributed by atoms with E-state index in [0.29, 0.717) is 36.0 Å². The minimum absolute atomic E-state index is 0.201. The molecule has 8 heteroatoms. The zero-order valence-electron chi connectivity index (χ0n) is 16.8. The predicted octanol–water partition coefficient (Wildman–Crippen LogP) is 3.25. The van der Waals surface area contributed by atoms with Crippen LogP contribution in [0.3, 0.4) is 0 Å². The average Bonchev–Trinajstić information content (AvgIpc) is 2.77. The molecule has 152 valence electrons. The van der Waals surface area contributed by atoms with Gasteiger partial charge < -0.3 is 20.7 Å². The van der Waals surface area contributed by atoms with Gasteiger partial charge in [-0.15, -0.1) is 0 Å². The Hall–Kier alpha value is -4.12. The van der Waals surface area contributed by atoms with Crippen molar-refractivity contribution in [3.8, 4) is 11.8 Å². The maximum Gasteiger partial charge on any atom is 0.251 e. The van der Waals surface area contributed by atoms with E-state index in [1.54, 1.807) is 31.4 Å². The second kappa shape index (κ2) is 9.89. The Morgan fingerprint density at radius 2 is 1.80 bits per heavy atom. The van der Waals surface area contributed by atoms with E-state index in [-0.39, 0.29) is 5.91 Å². The summed E-state index contributed by atoms with van der Waals surface area (Å²) in [4.78, 5) is 21.0. The summed E-state index contributed by atoms with van der Waals surface area (Å²) >= 11 is 0. The maximum absolute atomic E-state index is 12.1. The number of carbonyl (C=O) groups is 1. The molecule has 30 heavy (non-hydrogen) atoms. The lowest BCUT2D eigenvalue weighted by molar-refractivity contribution is 0.0955. The molecular weight excluding hydrogens is 380 g/mol. The number of aryl methyl sites for hydroxylation is 1. The third kappa shape index (κ3) is 5.69. The van der Waals surface area contributed by atoms with Crippen LogP contribution in [0.15, 0.2) is 54.6 Å². The molecule has 0 aliphatic rings. The largest absolute Gasteiger partial charge is 0.497 e. The molecule has 0 unspecified atom stereocenters. The number of nitrogens with one attached hydrogen (secondary N) is 3.